The van der Waals surface area contributed by atoms with Crippen molar-refractivity contribution in [3.63, 3.8) is 0 Å². The molecule has 1 saturated carbocycles. The Labute approximate surface area is 156 Å². The normalized spacial score (nSPS) is 15.2. The Morgan fingerprint density at radius 3 is 2.58 bits per heavy atom. The predicted molar refractivity (Wildman–Crippen MR) is 99.7 cm³/mol. The highest BCUT2D eigenvalue weighted by Crippen LogP contribution is 2.31. The Kier molecular flexibility index (Phi) is 7.60. The average Bonchev–Trinajstić information content (AvgIpc) is 3.17. The Morgan fingerprint density at radius 1 is 1.29 bits per heavy atom. The van der Waals surface area contributed by atoms with Crippen LogP contribution in [0.5, 0.6) is 0 Å². The van der Waals surface area contributed by atoms with Gasteiger partial charge in [0.15, 0.2) is 0 Å². The second kappa shape index (κ2) is 8.76. The van der Waals surface area contributed by atoms with E-state index in [-0.39, 0.29) is 42.1 Å². The van der Waals surface area contributed by atoms with Crippen molar-refractivity contribution in [3.8, 4) is 10.6 Å². The first-order valence-corrected chi connectivity index (χ1v) is 8.18. The van der Waals surface area contributed by atoms with Crippen LogP contribution in [-0.2, 0) is 0 Å². The van der Waals surface area contributed by atoms with Gasteiger partial charge >= 0.3 is 0 Å². The summed E-state index contributed by atoms with van der Waals surface area (Å²) < 4.78 is 13.8. The van der Waals surface area contributed by atoms with Gasteiger partial charge < -0.3 is 11.1 Å². The number of nitrogens with two attached hydrogens (primary N) is 1. The molecule has 0 atom stereocenters. The van der Waals surface area contributed by atoms with Crippen LogP contribution in [0.2, 0.25) is 0 Å². The molecule has 1 fully saturated rings. The van der Waals surface area contributed by atoms with Crippen LogP contribution in [0, 0.1) is 5.82 Å². The molecule has 1 aliphatic rings. The van der Waals surface area contributed by atoms with Crippen LogP contribution in [-0.4, -0.2) is 23.0 Å². The smallest absolute Gasteiger partial charge is 0.263 e. The number of aromatic nitrogens is 1. The summed E-state index contributed by atoms with van der Waals surface area (Å²) in [6.07, 6.45) is 5.49. The summed E-state index contributed by atoms with van der Waals surface area (Å²) in [6, 6.07) is 6.43. The van der Waals surface area contributed by atoms with E-state index in [1.165, 1.54) is 23.6 Å². The highest BCUT2D eigenvalue weighted by Gasteiger charge is 2.34. The first kappa shape index (κ1) is 20.8. The molecule has 3 rings (SSSR count). The van der Waals surface area contributed by atoms with Crippen molar-refractivity contribution in [2.75, 3.05) is 6.54 Å². The molecule has 0 radical (unpaired) electrons. The zero-order valence-electron chi connectivity index (χ0n) is 13.0. The molecule has 24 heavy (non-hydrogen) atoms. The van der Waals surface area contributed by atoms with E-state index < -0.39 is 0 Å². The van der Waals surface area contributed by atoms with Gasteiger partial charge in [0.05, 0.1) is 11.7 Å². The van der Waals surface area contributed by atoms with E-state index in [0.717, 1.165) is 25.7 Å². The lowest BCUT2D eigenvalue weighted by Crippen LogP contribution is -2.51. The number of benzene rings is 1. The highest BCUT2D eigenvalue weighted by atomic mass is 35.5. The van der Waals surface area contributed by atoms with Gasteiger partial charge in [-0.05, 0) is 25.0 Å². The molecule has 0 spiro atoms. The molecular weight excluding hydrogens is 372 g/mol. The fourth-order valence-electron chi connectivity index (χ4n) is 2.87. The second-order valence-corrected chi connectivity index (χ2v) is 6.69. The molecule has 0 saturated heterocycles. The average molecular weight is 392 g/mol. The number of thiazole rings is 1. The van der Waals surface area contributed by atoms with Gasteiger partial charge in [-0.15, -0.1) is 36.2 Å². The number of carbonyl (C=O) groups excluding carboxylic acids is 1. The fourth-order valence-corrected chi connectivity index (χ4v) is 3.71. The molecule has 132 valence electrons. The third-order valence-corrected chi connectivity index (χ3v) is 5.19. The second-order valence-electron chi connectivity index (χ2n) is 5.66. The number of hydrogen-bond acceptors (Lipinski definition) is 4. The van der Waals surface area contributed by atoms with Crippen molar-refractivity contribution < 1.29 is 9.18 Å². The topological polar surface area (TPSA) is 68.0 Å². The molecule has 1 heterocycles. The van der Waals surface area contributed by atoms with Gasteiger partial charge in [-0.3, -0.25) is 4.79 Å². The molecule has 0 unspecified atom stereocenters. The van der Waals surface area contributed by atoms with Gasteiger partial charge in [0.25, 0.3) is 5.91 Å². The van der Waals surface area contributed by atoms with Crippen LogP contribution in [0.15, 0.2) is 30.5 Å². The van der Waals surface area contributed by atoms with E-state index in [1.807, 2.05) is 0 Å². The predicted octanol–water partition coefficient (Wildman–Crippen LogP) is 3.79. The van der Waals surface area contributed by atoms with Crippen LogP contribution in [0.3, 0.4) is 0 Å². The minimum Gasteiger partial charge on any atom is -0.345 e. The maximum Gasteiger partial charge on any atom is 0.263 e. The summed E-state index contributed by atoms with van der Waals surface area (Å²) in [4.78, 5) is 17.1. The Bertz CT molecular complexity index is 689. The van der Waals surface area contributed by atoms with E-state index in [0.29, 0.717) is 22.0 Å². The van der Waals surface area contributed by atoms with Crippen molar-refractivity contribution in [1.29, 1.82) is 0 Å². The molecule has 4 nitrogen and oxygen atoms in total. The van der Waals surface area contributed by atoms with Crippen LogP contribution in [0.25, 0.3) is 10.6 Å². The van der Waals surface area contributed by atoms with Gasteiger partial charge in [-0.25, -0.2) is 9.37 Å². The summed E-state index contributed by atoms with van der Waals surface area (Å²) in [5.74, 6) is -0.509. The molecule has 1 aromatic heterocycles. The maximum absolute atomic E-state index is 13.8. The number of amides is 1. The SMILES string of the molecule is Cl.Cl.NCC1(NC(=O)c2cnc(-c3ccccc3F)s2)CCCC1. The standard InChI is InChI=1S/C16H18FN3OS.2ClH/c17-12-6-2-1-5-11(12)15-19-9-13(22-15)14(21)20-16(10-18)7-3-4-8-16;;/h1-2,5-6,9H,3-4,7-8,10,18H2,(H,20,21);2*1H. The Hall–Kier alpha value is -1.21. The lowest BCUT2D eigenvalue weighted by atomic mass is 9.98. The van der Waals surface area contributed by atoms with E-state index in [2.05, 4.69) is 10.3 Å². The zero-order valence-corrected chi connectivity index (χ0v) is 15.4. The minimum atomic E-state index is -0.335. The summed E-state index contributed by atoms with van der Waals surface area (Å²) in [7, 11) is 0. The van der Waals surface area contributed by atoms with Crippen molar-refractivity contribution in [2.24, 2.45) is 5.73 Å². The molecule has 1 amide bonds. The molecule has 0 bridgehead atoms. The summed E-state index contributed by atoms with van der Waals surface area (Å²) in [6.45, 7) is 0.442. The quantitative estimate of drug-likeness (QED) is 0.832. The van der Waals surface area contributed by atoms with Gasteiger partial charge in [-0.1, -0.05) is 25.0 Å². The number of nitrogens with one attached hydrogen (secondary N) is 1. The number of nitrogens with zero attached hydrogens (tertiary/aromatic N) is 1. The molecule has 2 aromatic rings. The first-order chi connectivity index (χ1) is 10.6. The number of rotatable bonds is 4. The highest BCUT2D eigenvalue weighted by molar-refractivity contribution is 7.16. The Balaban J connectivity index is 0.00000144. The van der Waals surface area contributed by atoms with E-state index in [1.54, 1.807) is 18.2 Å². The van der Waals surface area contributed by atoms with Crippen LogP contribution in [0.4, 0.5) is 4.39 Å². The van der Waals surface area contributed by atoms with Gasteiger partial charge in [-0.2, -0.15) is 0 Å². The van der Waals surface area contributed by atoms with Crippen molar-refractivity contribution in [1.82, 2.24) is 10.3 Å². The fraction of sp³-hybridized carbons (Fsp3) is 0.375. The van der Waals surface area contributed by atoms with Crippen molar-refractivity contribution >= 4 is 42.1 Å². The minimum absolute atomic E-state index is 0. The third kappa shape index (κ3) is 4.25. The van der Waals surface area contributed by atoms with E-state index in [9.17, 15) is 9.18 Å². The maximum atomic E-state index is 13.8. The lowest BCUT2D eigenvalue weighted by Gasteiger charge is -2.28. The molecule has 3 N–H and O–H groups in total. The number of halogens is 3. The number of carbonyl (C=O) groups is 1. The largest absolute Gasteiger partial charge is 0.345 e. The molecular formula is C16H20Cl2FN3OS. The monoisotopic (exact) mass is 391 g/mol. The molecule has 8 heteroatoms. The third-order valence-electron chi connectivity index (χ3n) is 4.16. The summed E-state index contributed by atoms with van der Waals surface area (Å²) >= 11 is 1.20. The lowest BCUT2D eigenvalue weighted by molar-refractivity contribution is 0.0907. The van der Waals surface area contributed by atoms with Crippen LogP contribution in [0.1, 0.15) is 35.4 Å². The molecule has 1 aromatic carbocycles. The first-order valence-electron chi connectivity index (χ1n) is 7.37. The van der Waals surface area contributed by atoms with Gasteiger partial charge in [0, 0.05) is 12.1 Å². The number of hydrogen-bond donors (Lipinski definition) is 2. The van der Waals surface area contributed by atoms with Crippen LogP contribution < -0.4 is 11.1 Å². The van der Waals surface area contributed by atoms with E-state index in [4.69, 9.17) is 5.73 Å². The van der Waals surface area contributed by atoms with Gasteiger partial charge in [0.2, 0.25) is 0 Å². The van der Waals surface area contributed by atoms with Crippen LogP contribution >= 0.6 is 36.2 Å². The summed E-state index contributed by atoms with van der Waals surface area (Å²) in [5, 5.41) is 3.56. The van der Waals surface area contributed by atoms with Crippen molar-refractivity contribution in [3.05, 3.63) is 41.2 Å². The Morgan fingerprint density at radius 2 is 1.96 bits per heavy atom. The molecule has 0 aliphatic heterocycles. The van der Waals surface area contributed by atoms with Crippen molar-refractivity contribution in [2.45, 2.75) is 31.2 Å². The summed E-state index contributed by atoms with van der Waals surface area (Å²) in [5.41, 5.74) is 5.96. The van der Waals surface area contributed by atoms with E-state index >= 15 is 0 Å². The molecule has 1 aliphatic carbocycles. The zero-order chi connectivity index (χ0) is 15.6. The van der Waals surface area contributed by atoms with Gasteiger partial charge in [0.1, 0.15) is 15.7 Å².